The second kappa shape index (κ2) is 3.68. The smallest absolute Gasteiger partial charge is 0.134 e. The molecule has 2 rings (SSSR count). The maximum Gasteiger partial charge on any atom is 0.134 e. The molecule has 3 heteroatoms. The van der Waals surface area contributed by atoms with Gasteiger partial charge in [-0.15, -0.1) is 0 Å². The van der Waals surface area contributed by atoms with E-state index in [1.165, 1.54) is 0 Å². The maximum atomic E-state index is 9.25. The largest absolute Gasteiger partial charge is 0.506 e. The summed E-state index contributed by atoms with van der Waals surface area (Å²) in [7, 11) is 0. The number of halogens is 1. The molecule has 0 aliphatic carbocycles. The summed E-state index contributed by atoms with van der Waals surface area (Å²) in [4.78, 5) is 3.93. The van der Waals surface area contributed by atoms with Gasteiger partial charge in [-0.2, -0.15) is 0 Å². The number of phenolic OH excluding ortho intramolecular Hbond substituents is 1. The molecular weight excluding hydrogens is 198 g/mol. The van der Waals surface area contributed by atoms with Gasteiger partial charge in [0, 0.05) is 12.4 Å². The highest BCUT2D eigenvalue weighted by molar-refractivity contribution is 6.32. The van der Waals surface area contributed by atoms with Gasteiger partial charge in [-0.1, -0.05) is 17.7 Å². The lowest BCUT2D eigenvalue weighted by atomic mass is 10.1. The molecule has 2 nitrogen and oxygen atoms in total. The van der Waals surface area contributed by atoms with Crippen molar-refractivity contribution in [2.75, 3.05) is 0 Å². The van der Waals surface area contributed by atoms with Crippen LogP contribution in [0.25, 0.3) is 11.1 Å². The molecule has 0 radical (unpaired) electrons. The number of hydrogen-bond donors (Lipinski definition) is 1. The highest BCUT2D eigenvalue weighted by Crippen LogP contribution is 2.28. The molecule has 0 spiro atoms. The van der Waals surface area contributed by atoms with E-state index in [0.29, 0.717) is 5.02 Å². The third kappa shape index (κ3) is 1.70. The van der Waals surface area contributed by atoms with Gasteiger partial charge >= 0.3 is 0 Å². The molecule has 0 bridgehead atoms. The van der Waals surface area contributed by atoms with Crippen LogP contribution in [-0.4, -0.2) is 10.1 Å². The van der Waals surface area contributed by atoms with Gasteiger partial charge in [0.1, 0.15) is 5.75 Å². The van der Waals surface area contributed by atoms with Crippen molar-refractivity contribution < 1.29 is 5.11 Å². The number of phenols is 1. The minimum absolute atomic E-state index is 0.101. The minimum atomic E-state index is 0.101. The molecule has 14 heavy (non-hydrogen) atoms. The molecule has 1 aromatic heterocycles. The SMILES string of the molecule is Oc1ccc(-c2ccncc2)cc1Cl. The van der Waals surface area contributed by atoms with Crippen molar-refractivity contribution in [2.45, 2.75) is 0 Å². The van der Waals surface area contributed by atoms with Crippen LogP contribution in [-0.2, 0) is 0 Å². The quantitative estimate of drug-likeness (QED) is 0.776. The lowest BCUT2D eigenvalue weighted by Gasteiger charge is -2.02. The number of pyridine rings is 1. The number of nitrogens with zero attached hydrogens (tertiary/aromatic N) is 1. The molecule has 0 saturated carbocycles. The molecule has 0 fully saturated rings. The third-order valence-electron chi connectivity index (χ3n) is 1.96. The average Bonchev–Trinajstić information content (AvgIpc) is 2.23. The van der Waals surface area contributed by atoms with Gasteiger partial charge in [-0.05, 0) is 35.4 Å². The van der Waals surface area contributed by atoms with Crippen molar-refractivity contribution in [1.29, 1.82) is 0 Å². The van der Waals surface area contributed by atoms with E-state index in [-0.39, 0.29) is 5.75 Å². The van der Waals surface area contributed by atoms with Crippen LogP contribution < -0.4 is 0 Å². The molecule has 70 valence electrons. The maximum absolute atomic E-state index is 9.25. The van der Waals surface area contributed by atoms with Crippen LogP contribution in [0, 0.1) is 0 Å². The Morgan fingerprint density at radius 3 is 2.36 bits per heavy atom. The zero-order chi connectivity index (χ0) is 9.97. The van der Waals surface area contributed by atoms with E-state index in [4.69, 9.17) is 11.6 Å². The van der Waals surface area contributed by atoms with Crippen LogP contribution in [0.15, 0.2) is 42.7 Å². The van der Waals surface area contributed by atoms with E-state index in [1.54, 1.807) is 24.5 Å². The highest BCUT2D eigenvalue weighted by atomic mass is 35.5. The first-order chi connectivity index (χ1) is 6.77. The van der Waals surface area contributed by atoms with Gasteiger partial charge in [-0.3, -0.25) is 4.98 Å². The van der Waals surface area contributed by atoms with E-state index in [1.807, 2.05) is 18.2 Å². The fourth-order valence-corrected chi connectivity index (χ4v) is 1.41. The molecular formula is C11H8ClNO. The van der Waals surface area contributed by atoms with Gasteiger partial charge in [0.2, 0.25) is 0 Å². The first-order valence-corrected chi connectivity index (χ1v) is 4.54. The summed E-state index contributed by atoms with van der Waals surface area (Å²) in [5.41, 5.74) is 2.00. The van der Waals surface area contributed by atoms with Gasteiger partial charge in [-0.25, -0.2) is 0 Å². The van der Waals surface area contributed by atoms with Gasteiger partial charge in [0.15, 0.2) is 0 Å². The lowest BCUT2D eigenvalue weighted by molar-refractivity contribution is 0.475. The van der Waals surface area contributed by atoms with Crippen molar-refractivity contribution >= 4 is 11.6 Å². The molecule has 0 aliphatic rings. The Labute approximate surface area is 86.8 Å². The second-order valence-corrected chi connectivity index (χ2v) is 3.31. The fraction of sp³-hybridized carbons (Fsp3) is 0. The molecule has 0 saturated heterocycles. The highest BCUT2D eigenvalue weighted by Gasteiger charge is 2.01. The standard InChI is InChI=1S/C11H8ClNO/c12-10-7-9(1-2-11(10)14)8-3-5-13-6-4-8/h1-7,14H. The number of rotatable bonds is 1. The molecule has 0 unspecified atom stereocenters. The summed E-state index contributed by atoms with van der Waals surface area (Å²) < 4.78 is 0. The summed E-state index contributed by atoms with van der Waals surface area (Å²) in [5.74, 6) is 0.101. The second-order valence-electron chi connectivity index (χ2n) is 2.90. The van der Waals surface area contributed by atoms with Gasteiger partial charge in [0.25, 0.3) is 0 Å². The zero-order valence-corrected chi connectivity index (χ0v) is 8.07. The topological polar surface area (TPSA) is 33.1 Å². The van der Waals surface area contributed by atoms with Crippen LogP contribution >= 0.6 is 11.6 Å². The third-order valence-corrected chi connectivity index (χ3v) is 2.26. The minimum Gasteiger partial charge on any atom is -0.506 e. The summed E-state index contributed by atoms with van der Waals surface area (Å²) in [6, 6.07) is 8.91. The van der Waals surface area contributed by atoms with Gasteiger partial charge < -0.3 is 5.11 Å². The normalized spacial score (nSPS) is 10.1. The van der Waals surface area contributed by atoms with E-state index < -0.39 is 0 Å². The zero-order valence-electron chi connectivity index (χ0n) is 7.31. The molecule has 2 aromatic rings. The summed E-state index contributed by atoms with van der Waals surface area (Å²) in [5, 5.41) is 9.61. The Balaban J connectivity index is 2.48. The van der Waals surface area contributed by atoms with E-state index >= 15 is 0 Å². The Kier molecular flexibility index (Phi) is 2.37. The number of aromatic nitrogens is 1. The first-order valence-electron chi connectivity index (χ1n) is 4.16. The Bertz CT molecular complexity index is 442. The van der Waals surface area contributed by atoms with E-state index in [9.17, 15) is 5.11 Å². The van der Waals surface area contributed by atoms with Crippen LogP contribution in [0.4, 0.5) is 0 Å². The predicted molar refractivity (Wildman–Crippen MR) is 56.3 cm³/mol. The van der Waals surface area contributed by atoms with E-state index in [0.717, 1.165) is 11.1 Å². The Morgan fingerprint density at radius 2 is 1.71 bits per heavy atom. The molecule has 0 aliphatic heterocycles. The van der Waals surface area contributed by atoms with Crippen LogP contribution in [0.5, 0.6) is 5.75 Å². The predicted octanol–water partition coefficient (Wildman–Crippen LogP) is 3.11. The van der Waals surface area contributed by atoms with Crippen molar-refractivity contribution in [3.63, 3.8) is 0 Å². The van der Waals surface area contributed by atoms with Crippen molar-refractivity contribution in [3.05, 3.63) is 47.7 Å². The van der Waals surface area contributed by atoms with Crippen molar-refractivity contribution in [2.24, 2.45) is 0 Å². The molecule has 1 heterocycles. The molecule has 1 N–H and O–H groups in total. The Hall–Kier alpha value is -1.54. The molecule has 1 aromatic carbocycles. The number of benzene rings is 1. The van der Waals surface area contributed by atoms with Crippen molar-refractivity contribution in [1.82, 2.24) is 4.98 Å². The molecule has 0 atom stereocenters. The van der Waals surface area contributed by atoms with Crippen LogP contribution in [0.2, 0.25) is 5.02 Å². The average molecular weight is 206 g/mol. The first kappa shape index (κ1) is 9.03. The van der Waals surface area contributed by atoms with Crippen LogP contribution in [0.3, 0.4) is 0 Å². The summed E-state index contributed by atoms with van der Waals surface area (Å²) >= 11 is 5.80. The lowest BCUT2D eigenvalue weighted by Crippen LogP contribution is -1.78. The summed E-state index contributed by atoms with van der Waals surface area (Å²) in [6.45, 7) is 0. The van der Waals surface area contributed by atoms with E-state index in [2.05, 4.69) is 4.98 Å². The Morgan fingerprint density at radius 1 is 1.00 bits per heavy atom. The summed E-state index contributed by atoms with van der Waals surface area (Å²) in [6.07, 6.45) is 3.44. The molecule has 0 amide bonds. The monoisotopic (exact) mass is 205 g/mol. The number of hydrogen-bond acceptors (Lipinski definition) is 2. The van der Waals surface area contributed by atoms with Gasteiger partial charge in [0.05, 0.1) is 5.02 Å². The van der Waals surface area contributed by atoms with Crippen molar-refractivity contribution in [3.8, 4) is 16.9 Å². The van der Waals surface area contributed by atoms with Crippen LogP contribution in [0.1, 0.15) is 0 Å². The number of aromatic hydroxyl groups is 1. The fourth-order valence-electron chi connectivity index (χ4n) is 1.23.